The molecule has 134 valence electrons. The molecule has 0 bridgehead atoms. The lowest BCUT2D eigenvalue weighted by atomic mass is 10.2. The number of ether oxygens (including phenoxy) is 1. The van der Waals surface area contributed by atoms with Gasteiger partial charge in [0.05, 0.1) is 0 Å². The van der Waals surface area contributed by atoms with E-state index in [2.05, 4.69) is 15.3 Å². The largest absolute Gasteiger partial charge is 0.451 e. The third-order valence-corrected chi connectivity index (χ3v) is 3.57. The maximum Gasteiger partial charge on any atom is 0.425 e. The standard InChI is InChI=1S/C13H19F3N6O2/c1-6(13(14,15)16)24-12-20-10(18)9(17)11(21-12)22-4-3-8(5-22)19-7(2)23/h6,8H,3-5,17H2,1-2H3,(H,19,23)(H2,18,20,21)/t6-,8-/m0/s1. The van der Waals surface area contributed by atoms with Crippen LogP contribution in [0.15, 0.2) is 0 Å². The molecule has 0 spiro atoms. The Morgan fingerprint density at radius 2 is 2.08 bits per heavy atom. The Balaban J connectivity index is 2.20. The number of rotatable bonds is 4. The van der Waals surface area contributed by atoms with Crippen molar-refractivity contribution in [2.75, 3.05) is 29.5 Å². The van der Waals surface area contributed by atoms with Crippen molar-refractivity contribution < 1.29 is 22.7 Å². The van der Waals surface area contributed by atoms with Crippen molar-refractivity contribution >= 4 is 23.2 Å². The number of nitrogens with two attached hydrogens (primary N) is 2. The Labute approximate surface area is 136 Å². The van der Waals surface area contributed by atoms with E-state index in [0.29, 0.717) is 19.5 Å². The summed E-state index contributed by atoms with van der Waals surface area (Å²) < 4.78 is 42.5. The summed E-state index contributed by atoms with van der Waals surface area (Å²) in [4.78, 5) is 20.4. The Kier molecular flexibility index (Phi) is 4.90. The fourth-order valence-corrected chi connectivity index (χ4v) is 2.33. The molecular formula is C13H19F3N6O2. The Morgan fingerprint density at radius 1 is 1.42 bits per heavy atom. The molecule has 0 radical (unpaired) electrons. The summed E-state index contributed by atoms with van der Waals surface area (Å²) in [5, 5.41) is 2.77. The number of nitrogen functional groups attached to an aromatic ring is 2. The highest BCUT2D eigenvalue weighted by Crippen LogP contribution is 2.31. The number of aromatic nitrogens is 2. The van der Waals surface area contributed by atoms with E-state index in [0.717, 1.165) is 6.92 Å². The predicted octanol–water partition coefficient (Wildman–Crippen LogP) is 0.685. The molecule has 1 aliphatic heterocycles. The van der Waals surface area contributed by atoms with Crippen LogP contribution < -0.4 is 26.4 Å². The Hall–Kier alpha value is -2.46. The van der Waals surface area contributed by atoms with E-state index in [-0.39, 0.29) is 29.3 Å². The molecule has 1 aromatic rings. The fourth-order valence-electron chi connectivity index (χ4n) is 2.33. The third kappa shape index (κ3) is 4.09. The number of hydrogen-bond acceptors (Lipinski definition) is 7. The molecule has 1 amide bonds. The van der Waals surface area contributed by atoms with Gasteiger partial charge in [-0.3, -0.25) is 4.79 Å². The van der Waals surface area contributed by atoms with Gasteiger partial charge in [0, 0.05) is 26.1 Å². The van der Waals surface area contributed by atoms with Crippen LogP contribution in [0.5, 0.6) is 6.01 Å². The van der Waals surface area contributed by atoms with Crippen molar-refractivity contribution in [1.29, 1.82) is 0 Å². The van der Waals surface area contributed by atoms with E-state index < -0.39 is 18.3 Å². The van der Waals surface area contributed by atoms with Crippen LogP contribution in [-0.2, 0) is 4.79 Å². The van der Waals surface area contributed by atoms with Gasteiger partial charge in [0.2, 0.25) is 5.91 Å². The summed E-state index contributed by atoms with van der Waals surface area (Å²) in [7, 11) is 0. The monoisotopic (exact) mass is 348 g/mol. The van der Waals surface area contributed by atoms with E-state index in [1.165, 1.54) is 6.92 Å². The van der Waals surface area contributed by atoms with Crippen molar-refractivity contribution in [3.8, 4) is 6.01 Å². The van der Waals surface area contributed by atoms with Gasteiger partial charge in [-0.25, -0.2) is 0 Å². The summed E-state index contributed by atoms with van der Waals surface area (Å²) in [6, 6.07) is -0.596. The zero-order chi connectivity index (χ0) is 18.1. The molecule has 2 atom stereocenters. The Morgan fingerprint density at radius 3 is 2.67 bits per heavy atom. The fraction of sp³-hybridized carbons (Fsp3) is 0.615. The molecule has 1 saturated heterocycles. The smallest absolute Gasteiger partial charge is 0.425 e. The molecule has 8 nitrogen and oxygen atoms in total. The molecule has 1 fully saturated rings. The molecule has 1 aromatic heterocycles. The highest BCUT2D eigenvalue weighted by molar-refractivity contribution is 5.75. The molecule has 2 rings (SSSR count). The topological polar surface area (TPSA) is 119 Å². The van der Waals surface area contributed by atoms with E-state index in [1.54, 1.807) is 4.90 Å². The summed E-state index contributed by atoms with van der Waals surface area (Å²) in [6.45, 7) is 3.18. The van der Waals surface area contributed by atoms with Crippen LogP contribution in [0.25, 0.3) is 0 Å². The van der Waals surface area contributed by atoms with E-state index in [9.17, 15) is 18.0 Å². The van der Waals surface area contributed by atoms with Crippen LogP contribution in [-0.4, -0.2) is 47.3 Å². The van der Waals surface area contributed by atoms with Crippen LogP contribution >= 0.6 is 0 Å². The average Bonchev–Trinajstić information content (AvgIpc) is 2.88. The van der Waals surface area contributed by atoms with Gasteiger partial charge in [-0.15, -0.1) is 0 Å². The van der Waals surface area contributed by atoms with Crippen molar-refractivity contribution in [3.05, 3.63) is 0 Å². The summed E-state index contributed by atoms with van der Waals surface area (Å²) in [5.41, 5.74) is 11.6. The van der Waals surface area contributed by atoms with Crippen LogP contribution in [0.4, 0.5) is 30.5 Å². The quantitative estimate of drug-likeness (QED) is 0.732. The van der Waals surface area contributed by atoms with Gasteiger partial charge in [0.1, 0.15) is 5.69 Å². The number of halogens is 3. The van der Waals surface area contributed by atoms with Crippen LogP contribution in [0.3, 0.4) is 0 Å². The van der Waals surface area contributed by atoms with Crippen molar-refractivity contribution in [1.82, 2.24) is 15.3 Å². The zero-order valence-electron chi connectivity index (χ0n) is 13.2. The highest BCUT2D eigenvalue weighted by Gasteiger charge is 2.39. The number of anilines is 3. The first-order valence-corrected chi connectivity index (χ1v) is 7.26. The predicted molar refractivity (Wildman–Crippen MR) is 81.4 cm³/mol. The Bertz CT molecular complexity index is 624. The van der Waals surface area contributed by atoms with E-state index >= 15 is 0 Å². The lowest BCUT2D eigenvalue weighted by molar-refractivity contribution is -0.190. The van der Waals surface area contributed by atoms with Gasteiger partial charge in [-0.2, -0.15) is 23.1 Å². The second kappa shape index (κ2) is 6.57. The molecule has 1 aliphatic rings. The molecule has 5 N–H and O–H groups in total. The van der Waals surface area contributed by atoms with Gasteiger partial charge in [-0.05, 0) is 13.3 Å². The van der Waals surface area contributed by atoms with Gasteiger partial charge in [0.25, 0.3) is 0 Å². The first kappa shape index (κ1) is 17.9. The number of carbonyl (C=O) groups excluding carboxylic acids is 1. The molecule has 0 aromatic carbocycles. The zero-order valence-corrected chi connectivity index (χ0v) is 13.2. The summed E-state index contributed by atoms with van der Waals surface area (Å²) >= 11 is 0. The van der Waals surface area contributed by atoms with Gasteiger partial charge in [0.15, 0.2) is 17.7 Å². The van der Waals surface area contributed by atoms with Crippen LogP contribution in [0.2, 0.25) is 0 Å². The normalized spacial score (nSPS) is 19.2. The van der Waals surface area contributed by atoms with Crippen molar-refractivity contribution in [2.45, 2.75) is 38.6 Å². The summed E-state index contributed by atoms with van der Waals surface area (Å²) in [6.07, 6.45) is -5.99. The minimum Gasteiger partial charge on any atom is -0.451 e. The van der Waals surface area contributed by atoms with E-state index in [1.807, 2.05) is 0 Å². The number of nitrogens with zero attached hydrogens (tertiary/aromatic N) is 3. The second-order valence-corrected chi connectivity index (χ2v) is 5.56. The maximum atomic E-state index is 12.6. The molecule has 11 heteroatoms. The first-order chi connectivity index (χ1) is 11.1. The van der Waals surface area contributed by atoms with Crippen LogP contribution in [0.1, 0.15) is 20.3 Å². The minimum atomic E-state index is -4.55. The highest BCUT2D eigenvalue weighted by atomic mass is 19.4. The maximum absolute atomic E-state index is 12.6. The lowest BCUT2D eigenvalue weighted by Crippen LogP contribution is -2.36. The van der Waals surface area contributed by atoms with Gasteiger partial charge in [-0.1, -0.05) is 0 Å². The number of carbonyl (C=O) groups is 1. The minimum absolute atomic E-state index is 0.0606. The SMILES string of the molecule is CC(=O)N[C@H]1CCN(c2nc(O[C@@H](C)C(F)(F)F)nc(N)c2N)C1. The van der Waals surface area contributed by atoms with Gasteiger partial charge < -0.3 is 26.4 Å². The summed E-state index contributed by atoms with van der Waals surface area (Å²) in [5.74, 6) is -0.132. The molecule has 0 unspecified atom stereocenters. The molecule has 0 saturated carbocycles. The number of alkyl halides is 3. The number of hydrogen-bond donors (Lipinski definition) is 3. The third-order valence-electron chi connectivity index (χ3n) is 3.57. The lowest BCUT2D eigenvalue weighted by Gasteiger charge is -2.22. The van der Waals surface area contributed by atoms with Gasteiger partial charge >= 0.3 is 12.2 Å². The molecule has 24 heavy (non-hydrogen) atoms. The van der Waals surface area contributed by atoms with E-state index in [4.69, 9.17) is 16.2 Å². The van der Waals surface area contributed by atoms with Crippen molar-refractivity contribution in [2.24, 2.45) is 0 Å². The molecular weight excluding hydrogens is 329 g/mol. The van der Waals surface area contributed by atoms with Crippen LogP contribution in [0, 0.1) is 0 Å². The number of amides is 1. The first-order valence-electron chi connectivity index (χ1n) is 7.26. The molecule has 2 heterocycles. The average molecular weight is 348 g/mol. The van der Waals surface area contributed by atoms with Crippen molar-refractivity contribution in [3.63, 3.8) is 0 Å². The molecule has 0 aliphatic carbocycles. The number of nitrogens with one attached hydrogen (secondary N) is 1. The second-order valence-electron chi connectivity index (χ2n) is 5.56.